The Labute approximate surface area is 198 Å². The van der Waals surface area contributed by atoms with Gasteiger partial charge in [-0.15, -0.1) is 0 Å². The van der Waals surface area contributed by atoms with Crippen LogP contribution in [0.3, 0.4) is 0 Å². The van der Waals surface area contributed by atoms with Crippen LogP contribution >= 0.6 is 0 Å². The van der Waals surface area contributed by atoms with Crippen molar-refractivity contribution in [1.82, 2.24) is 9.21 Å². The molecule has 5 heteroatoms. The van der Waals surface area contributed by atoms with E-state index in [1.807, 2.05) is 39.8 Å². The molecule has 1 aliphatic heterocycles. The monoisotopic (exact) mass is 462 g/mol. The van der Waals surface area contributed by atoms with E-state index in [4.69, 9.17) is 0 Å². The van der Waals surface area contributed by atoms with Gasteiger partial charge in [0.25, 0.3) is 0 Å². The lowest BCUT2D eigenvalue weighted by Crippen LogP contribution is -2.50. The lowest BCUT2D eigenvalue weighted by Gasteiger charge is -2.39. The van der Waals surface area contributed by atoms with E-state index in [0.29, 0.717) is 31.1 Å². The normalized spacial score (nSPS) is 15.8. The summed E-state index contributed by atoms with van der Waals surface area (Å²) in [5, 5.41) is 0. The minimum Gasteiger partial charge on any atom is -0.290 e. The summed E-state index contributed by atoms with van der Waals surface area (Å²) in [5.74, 6) is 0. The van der Waals surface area contributed by atoms with Gasteiger partial charge in [-0.25, -0.2) is 8.42 Å². The Morgan fingerprint density at radius 2 is 1.00 bits per heavy atom. The Hall–Kier alpha value is -2.47. The van der Waals surface area contributed by atoms with Crippen LogP contribution < -0.4 is 0 Å². The first-order valence-electron chi connectivity index (χ1n) is 11.6. The summed E-state index contributed by atoms with van der Waals surface area (Å²) in [4.78, 5) is 2.90. The molecule has 1 fully saturated rings. The summed E-state index contributed by atoms with van der Waals surface area (Å²) in [5.41, 5.74) is 7.55. The average Bonchev–Trinajstić information content (AvgIpc) is 2.83. The number of hydrogen-bond donors (Lipinski definition) is 0. The Morgan fingerprint density at radius 1 is 0.606 bits per heavy atom. The molecule has 0 spiro atoms. The van der Waals surface area contributed by atoms with E-state index in [2.05, 4.69) is 60.4 Å². The molecule has 0 saturated carbocycles. The molecule has 0 N–H and O–H groups in total. The molecule has 1 heterocycles. The zero-order valence-electron chi connectivity index (χ0n) is 20.3. The molecule has 0 radical (unpaired) electrons. The Bertz CT molecular complexity index is 1160. The maximum absolute atomic E-state index is 13.8. The number of piperazine rings is 1. The molecular weight excluding hydrogens is 428 g/mol. The van der Waals surface area contributed by atoms with Crippen LogP contribution in [-0.4, -0.2) is 43.8 Å². The summed E-state index contributed by atoms with van der Waals surface area (Å²) in [6, 6.07) is 21.1. The third kappa shape index (κ3) is 4.37. The Balaban J connectivity index is 1.62. The molecule has 33 heavy (non-hydrogen) atoms. The average molecular weight is 463 g/mol. The van der Waals surface area contributed by atoms with Gasteiger partial charge in [0.05, 0.1) is 10.9 Å². The molecule has 4 nitrogen and oxygen atoms in total. The lowest BCUT2D eigenvalue weighted by atomic mass is 9.95. The molecule has 3 aromatic rings. The molecule has 4 rings (SSSR count). The predicted molar refractivity (Wildman–Crippen MR) is 135 cm³/mol. The van der Waals surface area contributed by atoms with Gasteiger partial charge in [-0.3, -0.25) is 4.90 Å². The third-order valence-corrected chi connectivity index (χ3v) is 9.57. The van der Waals surface area contributed by atoms with Crippen molar-refractivity contribution < 1.29 is 8.42 Å². The van der Waals surface area contributed by atoms with Crippen molar-refractivity contribution in [3.63, 3.8) is 0 Å². The zero-order valence-corrected chi connectivity index (χ0v) is 21.1. The number of benzene rings is 3. The van der Waals surface area contributed by atoms with Crippen molar-refractivity contribution in [2.45, 2.75) is 45.6 Å². The minimum atomic E-state index is -3.56. The van der Waals surface area contributed by atoms with Gasteiger partial charge in [0.1, 0.15) is 0 Å². The molecule has 1 aliphatic rings. The van der Waals surface area contributed by atoms with Crippen molar-refractivity contribution in [2.75, 3.05) is 26.2 Å². The van der Waals surface area contributed by atoms with Crippen LogP contribution in [0.5, 0.6) is 0 Å². The van der Waals surface area contributed by atoms with Crippen LogP contribution in [0.2, 0.25) is 0 Å². The summed E-state index contributed by atoms with van der Waals surface area (Å²) < 4.78 is 29.2. The summed E-state index contributed by atoms with van der Waals surface area (Å²) >= 11 is 0. The van der Waals surface area contributed by atoms with Crippen LogP contribution in [0.1, 0.15) is 45.0 Å². The highest BCUT2D eigenvalue weighted by atomic mass is 32.2. The number of rotatable bonds is 5. The summed E-state index contributed by atoms with van der Waals surface area (Å²) in [6.45, 7) is 12.4. The van der Waals surface area contributed by atoms with Crippen LogP contribution in [0.4, 0.5) is 0 Å². The smallest absolute Gasteiger partial charge is 0.243 e. The quantitative estimate of drug-likeness (QED) is 0.515. The molecule has 0 bridgehead atoms. The van der Waals surface area contributed by atoms with Gasteiger partial charge in [0, 0.05) is 26.2 Å². The second-order valence-electron chi connectivity index (χ2n) is 9.12. The van der Waals surface area contributed by atoms with Crippen molar-refractivity contribution in [3.8, 4) is 0 Å². The first-order valence-corrected chi connectivity index (χ1v) is 13.1. The fraction of sp³-hybridized carbons (Fsp3) is 0.357. The molecule has 3 aromatic carbocycles. The molecular formula is C28H34N2O2S. The maximum atomic E-state index is 13.8. The second-order valence-corrected chi connectivity index (χ2v) is 11.0. The van der Waals surface area contributed by atoms with Crippen molar-refractivity contribution in [1.29, 1.82) is 0 Å². The maximum Gasteiger partial charge on any atom is 0.243 e. The van der Waals surface area contributed by atoms with Gasteiger partial charge in [0.2, 0.25) is 10.0 Å². The van der Waals surface area contributed by atoms with Gasteiger partial charge < -0.3 is 0 Å². The van der Waals surface area contributed by atoms with Gasteiger partial charge in [-0.05, 0) is 73.6 Å². The van der Waals surface area contributed by atoms with Crippen LogP contribution in [0.15, 0.2) is 65.6 Å². The highest BCUT2D eigenvalue weighted by Gasteiger charge is 2.34. The number of sulfonamides is 1. The molecule has 174 valence electrons. The molecule has 0 aliphatic carbocycles. The van der Waals surface area contributed by atoms with E-state index in [1.54, 1.807) is 4.31 Å². The molecule has 0 unspecified atom stereocenters. The first kappa shape index (κ1) is 23.7. The highest BCUT2D eigenvalue weighted by Crippen LogP contribution is 2.34. The van der Waals surface area contributed by atoms with E-state index < -0.39 is 10.0 Å². The molecule has 0 amide bonds. The Kier molecular flexibility index (Phi) is 6.76. The van der Waals surface area contributed by atoms with E-state index >= 15 is 0 Å². The molecule has 0 aromatic heterocycles. The zero-order chi connectivity index (χ0) is 23.8. The van der Waals surface area contributed by atoms with Crippen LogP contribution in [-0.2, 0) is 10.0 Å². The fourth-order valence-corrected chi connectivity index (χ4v) is 7.05. The minimum absolute atomic E-state index is 0.115. The van der Waals surface area contributed by atoms with Crippen LogP contribution in [0.25, 0.3) is 0 Å². The largest absolute Gasteiger partial charge is 0.290 e. The van der Waals surface area contributed by atoms with Gasteiger partial charge >= 0.3 is 0 Å². The number of hydrogen-bond acceptors (Lipinski definition) is 3. The highest BCUT2D eigenvalue weighted by molar-refractivity contribution is 7.89. The van der Waals surface area contributed by atoms with E-state index in [9.17, 15) is 8.42 Å². The van der Waals surface area contributed by atoms with E-state index in [0.717, 1.165) is 22.3 Å². The van der Waals surface area contributed by atoms with Crippen molar-refractivity contribution >= 4 is 10.0 Å². The predicted octanol–water partition coefficient (Wildman–Crippen LogP) is 5.32. The van der Waals surface area contributed by atoms with E-state index in [1.165, 1.54) is 16.7 Å². The third-order valence-electron chi connectivity index (χ3n) is 7.40. The second kappa shape index (κ2) is 9.41. The molecule has 0 atom stereocenters. The molecule has 1 saturated heterocycles. The summed E-state index contributed by atoms with van der Waals surface area (Å²) in [6.07, 6.45) is 0. The standard InChI is InChI=1S/C28H34N2O2S/c1-20-21(2)23(4)28(24(5)22(20)3)33(31,32)30-18-16-29(17-19-30)27(25-12-8-6-9-13-25)26-14-10-7-11-15-26/h6-15,27H,16-19H2,1-5H3. The topological polar surface area (TPSA) is 40.6 Å². The number of nitrogens with zero attached hydrogens (tertiary/aromatic N) is 2. The summed E-state index contributed by atoms with van der Waals surface area (Å²) in [7, 11) is -3.56. The van der Waals surface area contributed by atoms with Gasteiger partial charge in [-0.2, -0.15) is 4.31 Å². The van der Waals surface area contributed by atoms with E-state index in [-0.39, 0.29) is 6.04 Å². The van der Waals surface area contributed by atoms with Gasteiger partial charge in [0.15, 0.2) is 0 Å². The van der Waals surface area contributed by atoms with Crippen molar-refractivity contribution in [2.24, 2.45) is 0 Å². The SMILES string of the molecule is Cc1c(C)c(C)c(S(=O)(=O)N2CCN(C(c3ccccc3)c3ccccc3)CC2)c(C)c1C. The first-order chi connectivity index (χ1) is 15.7. The Morgan fingerprint density at radius 3 is 1.42 bits per heavy atom. The fourth-order valence-electron chi connectivity index (χ4n) is 5.07. The van der Waals surface area contributed by atoms with Crippen LogP contribution in [0, 0.1) is 34.6 Å². The lowest BCUT2D eigenvalue weighted by molar-refractivity contribution is 0.155. The van der Waals surface area contributed by atoms with Crippen molar-refractivity contribution in [3.05, 3.63) is 99.6 Å². The van der Waals surface area contributed by atoms with Gasteiger partial charge in [-0.1, -0.05) is 60.7 Å².